The van der Waals surface area contributed by atoms with Gasteiger partial charge in [-0.1, -0.05) is 15.9 Å². The van der Waals surface area contributed by atoms with E-state index < -0.39 is 21.8 Å². The predicted octanol–water partition coefficient (Wildman–Crippen LogP) is 3.74. The first-order chi connectivity index (χ1) is 17.2. The number of hydrogen-bond donors (Lipinski definition) is 3. The van der Waals surface area contributed by atoms with Crippen molar-refractivity contribution in [3.8, 4) is 17.2 Å². The van der Waals surface area contributed by atoms with Crippen LogP contribution in [0, 0.1) is 0 Å². The number of halogens is 1. The summed E-state index contributed by atoms with van der Waals surface area (Å²) in [6.45, 7) is 2.25. The van der Waals surface area contributed by atoms with Crippen molar-refractivity contribution in [3.63, 3.8) is 0 Å². The lowest BCUT2D eigenvalue weighted by atomic mass is 10.2. The lowest BCUT2D eigenvalue weighted by molar-refractivity contribution is 0.0846. The predicted molar refractivity (Wildman–Crippen MR) is 137 cm³/mol. The van der Waals surface area contributed by atoms with Crippen molar-refractivity contribution in [2.75, 3.05) is 25.5 Å². The SMILES string of the molecule is CCOc1ccc(C(=O)NNC(=O)c2ccc(OC)c(S(=O)(=O)Nc3ccc(Br)cc3)c2)cc1OC. The Kier molecular flexibility index (Phi) is 8.78. The number of carbonyl (C=O) groups is 2. The molecule has 190 valence electrons. The van der Waals surface area contributed by atoms with Gasteiger partial charge < -0.3 is 14.2 Å². The van der Waals surface area contributed by atoms with Gasteiger partial charge in [0.1, 0.15) is 10.6 Å². The van der Waals surface area contributed by atoms with Crippen LogP contribution in [0.3, 0.4) is 0 Å². The molecular weight excluding hydrogens is 554 g/mol. The average molecular weight is 578 g/mol. The average Bonchev–Trinajstić information content (AvgIpc) is 2.88. The highest BCUT2D eigenvalue weighted by Gasteiger charge is 2.22. The van der Waals surface area contributed by atoms with Gasteiger partial charge in [-0.3, -0.25) is 25.2 Å². The normalized spacial score (nSPS) is 10.8. The van der Waals surface area contributed by atoms with Crippen LogP contribution in [0.15, 0.2) is 70.0 Å². The Morgan fingerprint density at radius 3 is 1.92 bits per heavy atom. The van der Waals surface area contributed by atoms with Crippen LogP contribution in [0.2, 0.25) is 0 Å². The number of carbonyl (C=O) groups excluding carboxylic acids is 2. The number of amides is 2. The zero-order chi connectivity index (χ0) is 26.3. The van der Waals surface area contributed by atoms with Gasteiger partial charge in [0.15, 0.2) is 11.5 Å². The molecule has 0 atom stereocenters. The van der Waals surface area contributed by atoms with Gasteiger partial charge >= 0.3 is 0 Å². The van der Waals surface area contributed by atoms with E-state index in [0.29, 0.717) is 23.8 Å². The van der Waals surface area contributed by atoms with Crippen molar-refractivity contribution in [1.82, 2.24) is 10.9 Å². The molecule has 0 aliphatic heterocycles. The van der Waals surface area contributed by atoms with E-state index in [-0.39, 0.29) is 21.8 Å². The van der Waals surface area contributed by atoms with Crippen molar-refractivity contribution in [2.24, 2.45) is 0 Å². The van der Waals surface area contributed by atoms with Gasteiger partial charge in [-0.2, -0.15) is 0 Å². The molecule has 0 spiro atoms. The number of sulfonamides is 1. The van der Waals surface area contributed by atoms with Gasteiger partial charge in [0.2, 0.25) is 0 Å². The third-order valence-electron chi connectivity index (χ3n) is 4.83. The summed E-state index contributed by atoms with van der Waals surface area (Å²) >= 11 is 3.29. The maximum Gasteiger partial charge on any atom is 0.269 e. The van der Waals surface area contributed by atoms with Gasteiger partial charge in [-0.05, 0) is 67.6 Å². The second-order valence-corrected chi connectivity index (χ2v) is 9.75. The van der Waals surface area contributed by atoms with Crippen LogP contribution in [-0.2, 0) is 10.0 Å². The number of rotatable bonds is 9. The summed E-state index contributed by atoms with van der Waals surface area (Å²) in [7, 11) is -1.33. The number of anilines is 1. The fourth-order valence-electron chi connectivity index (χ4n) is 3.10. The lowest BCUT2D eigenvalue weighted by Gasteiger charge is -2.14. The van der Waals surface area contributed by atoms with Crippen molar-refractivity contribution < 1.29 is 32.2 Å². The minimum atomic E-state index is -4.10. The Balaban J connectivity index is 1.76. The van der Waals surface area contributed by atoms with Crippen LogP contribution in [0.1, 0.15) is 27.6 Å². The van der Waals surface area contributed by atoms with E-state index in [0.717, 1.165) is 10.5 Å². The van der Waals surface area contributed by atoms with E-state index in [1.165, 1.54) is 38.5 Å². The van der Waals surface area contributed by atoms with E-state index in [9.17, 15) is 18.0 Å². The van der Waals surface area contributed by atoms with E-state index in [4.69, 9.17) is 14.2 Å². The molecule has 3 rings (SSSR count). The van der Waals surface area contributed by atoms with Crippen molar-refractivity contribution in [2.45, 2.75) is 11.8 Å². The molecule has 0 fully saturated rings. The molecule has 0 aromatic heterocycles. The standard InChI is InChI=1S/C24H24BrN3O7S/c1-4-35-19-11-5-15(13-21(19)34-3)23(29)26-27-24(30)16-6-12-20(33-2)22(14-16)36(31,32)28-18-9-7-17(25)8-10-18/h5-14,28H,4H2,1-3H3,(H,26,29)(H,27,30). The van der Waals surface area contributed by atoms with Crippen LogP contribution in [0.25, 0.3) is 0 Å². The summed E-state index contributed by atoms with van der Waals surface area (Å²) in [5, 5.41) is 0. The van der Waals surface area contributed by atoms with Crippen molar-refractivity contribution in [3.05, 3.63) is 76.3 Å². The van der Waals surface area contributed by atoms with Gasteiger partial charge in [-0.15, -0.1) is 0 Å². The molecule has 0 aliphatic rings. The van der Waals surface area contributed by atoms with E-state index >= 15 is 0 Å². The van der Waals surface area contributed by atoms with Crippen LogP contribution in [-0.4, -0.2) is 41.1 Å². The number of ether oxygens (including phenoxy) is 3. The van der Waals surface area contributed by atoms with Crippen LogP contribution in [0.5, 0.6) is 17.2 Å². The first-order valence-electron chi connectivity index (χ1n) is 10.6. The number of benzene rings is 3. The zero-order valence-electron chi connectivity index (χ0n) is 19.6. The summed E-state index contributed by atoms with van der Waals surface area (Å²) in [5.74, 6) is -0.461. The second-order valence-electron chi connectivity index (χ2n) is 7.18. The highest BCUT2D eigenvalue weighted by atomic mass is 79.9. The van der Waals surface area contributed by atoms with E-state index in [2.05, 4.69) is 31.5 Å². The quantitative estimate of drug-likeness (QED) is 0.330. The molecule has 0 heterocycles. The smallest absolute Gasteiger partial charge is 0.269 e. The summed E-state index contributed by atoms with van der Waals surface area (Å²) in [6, 6.07) is 15.0. The summed E-state index contributed by atoms with van der Waals surface area (Å²) in [4.78, 5) is 25.0. The Bertz CT molecular complexity index is 1360. The summed E-state index contributed by atoms with van der Waals surface area (Å²) in [5.41, 5.74) is 5.10. The molecule has 0 unspecified atom stereocenters. The van der Waals surface area contributed by atoms with Gasteiger partial charge in [0.05, 0.1) is 20.8 Å². The highest BCUT2D eigenvalue weighted by molar-refractivity contribution is 9.10. The van der Waals surface area contributed by atoms with E-state index in [1.807, 2.05) is 6.92 Å². The molecule has 0 aliphatic carbocycles. The maximum atomic E-state index is 13.0. The third-order valence-corrected chi connectivity index (χ3v) is 6.76. The number of nitrogens with one attached hydrogen (secondary N) is 3. The minimum Gasteiger partial charge on any atom is -0.495 e. The first-order valence-corrected chi connectivity index (χ1v) is 12.8. The molecule has 0 saturated heterocycles. The molecule has 2 amide bonds. The van der Waals surface area contributed by atoms with E-state index in [1.54, 1.807) is 30.3 Å². The Morgan fingerprint density at radius 1 is 0.806 bits per heavy atom. The molecule has 3 aromatic carbocycles. The van der Waals surface area contributed by atoms with Crippen LogP contribution >= 0.6 is 15.9 Å². The molecule has 0 saturated carbocycles. The Labute approximate surface area is 217 Å². The fraction of sp³-hybridized carbons (Fsp3) is 0.167. The molecule has 3 aromatic rings. The monoisotopic (exact) mass is 577 g/mol. The molecule has 12 heteroatoms. The summed E-state index contributed by atoms with van der Waals surface area (Å²) < 4.78 is 45.1. The van der Waals surface area contributed by atoms with Crippen molar-refractivity contribution in [1.29, 1.82) is 0 Å². The van der Waals surface area contributed by atoms with Crippen molar-refractivity contribution >= 4 is 43.5 Å². The first kappa shape index (κ1) is 26.8. The van der Waals surface area contributed by atoms with Gasteiger partial charge in [0, 0.05) is 21.3 Å². The van der Waals surface area contributed by atoms with Gasteiger partial charge in [-0.25, -0.2) is 8.42 Å². The minimum absolute atomic E-state index is 0.0171. The molecular formula is C24H24BrN3O7S. The molecule has 10 nitrogen and oxygen atoms in total. The number of hydrogen-bond acceptors (Lipinski definition) is 7. The highest BCUT2D eigenvalue weighted by Crippen LogP contribution is 2.29. The number of hydrazine groups is 1. The molecule has 0 bridgehead atoms. The van der Waals surface area contributed by atoms with Crippen LogP contribution in [0.4, 0.5) is 5.69 Å². The largest absolute Gasteiger partial charge is 0.495 e. The molecule has 36 heavy (non-hydrogen) atoms. The maximum absolute atomic E-state index is 13.0. The molecule has 3 N–H and O–H groups in total. The fourth-order valence-corrected chi connectivity index (χ4v) is 4.62. The Morgan fingerprint density at radius 2 is 1.36 bits per heavy atom. The van der Waals surface area contributed by atoms with Crippen LogP contribution < -0.4 is 29.8 Å². The molecule has 0 radical (unpaired) electrons. The Hall–Kier alpha value is -3.77. The second kappa shape index (κ2) is 11.8. The number of methoxy groups -OCH3 is 2. The summed E-state index contributed by atoms with van der Waals surface area (Å²) in [6.07, 6.45) is 0. The van der Waals surface area contributed by atoms with Gasteiger partial charge in [0.25, 0.3) is 21.8 Å². The lowest BCUT2D eigenvalue weighted by Crippen LogP contribution is -2.41. The zero-order valence-corrected chi connectivity index (χ0v) is 22.0. The topological polar surface area (TPSA) is 132 Å². The third kappa shape index (κ3) is 6.46.